The third kappa shape index (κ3) is 5.27. The Kier molecular flexibility index (Phi) is 6.02. The minimum absolute atomic E-state index is 0.0952. The largest absolute Gasteiger partial charge is 0.494 e. The summed E-state index contributed by atoms with van der Waals surface area (Å²) in [4.78, 5) is 23.1. The Morgan fingerprint density at radius 3 is 2.43 bits per heavy atom. The van der Waals surface area contributed by atoms with Gasteiger partial charge in [0.1, 0.15) is 5.75 Å². The van der Waals surface area contributed by atoms with Gasteiger partial charge in [0, 0.05) is 11.6 Å². The third-order valence-electron chi connectivity index (χ3n) is 4.24. The van der Waals surface area contributed by atoms with Crippen LogP contribution in [0.5, 0.6) is 5.75 Å². The van der Waals surface area contributed by atoms with Gasteiger partial charge in [0.2, 0.25) is 5.91 Å². The number of hydrogen-bond donors (Lipinski definition) is 2. The molecule has 1 saturated carbocycles. The maximum Gasteiger partial charge on any atom is 0.306 e. The van der Waals surface area contributed by atoms with Crippen molar-refractivity contribution in [2.45, 2.75) is 39.5 Å². The van der Waals surface area contributed by atoms with Crippen molar-refractivity contribution in [1.82, 2.24) is 0 Å². The fourth-order valence-corrected chi connectivity index (χ4v) is 2.74. The van der Waals surface area contributed by atoms with Gasteiger partial charge in [-0.15, -0.1) is 0 Å². The third-order valence-corrected chi connectivity index (χ3v) is 4.24. The average Bonchev–Trinajstić information content (AvgIpc) is 2.99. The van der Waals surface area contributed by atoms with Crippen molar-refractivity contribution in [2.75, 3.05) is 11.9 Å². The van der Waals surface area contributed by atoms with Crippen LogP contribution in [-0.4, -0.2) is 23.6 Å². The summed E-state index contributed by atoms with van der Waals surface area (Å²) in [6.07, 6.45) is 2.65. The van der Waals surface area contributed by atoms with Gasteiger partial charge in [-0.3, -0.25) is 9.59 Å². The molecule has 1 aromatic carbocycles. The maximum absolute atomic E-state index is 12.2. The molecule has 0 saturated heterocycles. The van der Waals surface area contributed by atoms with Gasteiger partial charge in [-0.2, -0.15) is 0 Å². The molecule has 1 aromatic rings. The highest BCUT2D eigenvalue weighted by Crippen LogP contribution is 2.32. The van der Waals surface area contributed by atoms with Crippen LogP contribution >= 0.6 is 0 Å². The Balaban J connectivity index is 1.81. The highest BCUT2D eigenvalue weighted by Gasteiger charge is 2.33. The van der Waals surface area contributed by atoms with Crippen molar-refractivity contribution < 1.29 is 19.4 Å². The van der Waals surface area contributed by atoms with E-state index in [1.807, 2.05) is 24.3 Å². The zero-order valence-corrected chi connectivity index (χ0v) is 13.7. The molecule has 126 valence electrons. The Morgan fingerprint density at radius 2 is 1.87 bits per heavy atom. The molecule has 5 heteroatoms. The van der Waals surface area contributed by atoms with E-state index in [9.17, 15) is 9.59 Å². The van der Waals surface area contributed by atoms with Crippen molar-refractivity contribution in [3.63, 3.8) is 0 Å². The summed E-state index contributed by atoms with van der Waals surface area (Å²) in [7, 11) is 0. The van der Waals surface area contributed by atoms with Crippen molar-refractivity contribution >= 4 is 17.6 Å². The molecule has 0 aromatic heterocycles. The molecule has 0 radical (unpaired) electrons. The number of anilines is 1. The number of aliphatic carboxylic acids is 1. The molecule has 0 aliphatic heterocycles. The summed E-state index contributed by atoms with van der Waals surface area (Å²) in [6.45, 7) is 4.99. The number of benzene rings is 1. The predicted octanol–water partition coefficient (Wildman–Crippen LogP) is 3.55. The monoisotopic (exact) mass is 319 g/mol. The van der Waals surface area contributed by atoms with Crippen molar-refractivity contribution in [1.29, 1.82) is 0 Å². The van der Waals surface area contributed by atoms with E-state index in [1.54, 1.807) is 0 Å². The maximum atomic E-state index is 12.2. The van der Waals surface area contributed by atoms with Gasteiger partial charge in [0.15, 0.2) is 0 Å². The molecule has 23 heavy (non-hydrogen) atoms. The Labute approximate surface area is 137 Å². The molecule has 2 atom stereocenters. The first-order chi connectivity index (χ1) is 11.0. The van der Waals surface area contributed by atoms with Crippen LogP contribution in [0.15, 0.2) is 24.3 Å². The lowest BCUT2D eigenvalue weighted by Gasteiger charge is -2.12. The van der Waals surface area contributed by atoms with Crippen LogP contribution in [0.2, 0.25) is 0 Å². The Bertz CT molecular complexity index is 538. The summed E-state index contributed by atoms with van der Waals surface area (Å²) in [6, 6.07) is 7.30. The lowest BCUT2D eigenvalue weighted by Crippen LogP contribution is -2.21. The van der Waals surface area contributed by atoms with E-state index in [0.717, 1.165) is 12.2 Å². The van der Waals surface area contributed by atoms with E-state index < -0.39 is 5.97 Å². The molecule has 1 aliphatic rings. The number of carbonyl (C=O) groups is 2. The van der Waals surface area contributed by atoms with Gasteiger partial charge in [0.05, 0.1) is 12.5 Å². The normalized spacial score (nSPS) is 20.5. The number of nitrogens with one attached hydrogen (secondary N) is 1. The molecule has 1 aliphatic carbocycles. The number of amides is 1. The van der Waals surface area contributed by atoms with Crippen LogP contribution in [0.4, 0.5) is 5.69 Å². The standard InChI is InChI=1S/C18H25NO4/c1-12(2)9-10-23-16-7-5-15(6-8-16)19-17(20)13-3-4-14(11-13)18(21)22/h5-8,12-14H,3-4,9-11H2,1-2H3,(H,19,20)(H,21,22)/t13-,14+/m1/s1. The number of carboxylic acid groups (broad SMARTS) is 1. The SMILES string of the molecule is CC(C)CCOc1ccc(NC(=O)[C@@H]2CC[C@H](C(=O)O)C2)cc1. The Hall–Kier alpha value is -2.04. The molecular formula is C18H25NO4. The van der Waals surface area contributed by atoms with Crippen LogP contribution in [0, 0.1) is 17.8 Å². The minimum atomic E-state index is -0.803. The van der Waals surface area contributed by atoms with E-state index >= 15 is 0 Å². The number of carboxylic acids is 1. The van der Waals surface area contributed by atoms with E-state index in [2.05, 4.69) is 19.2 Å². The first kappa shape index (κ1) is 17.3. The quantitative estimate of drug-likeness (QED) is 0.806. The lowest BCUT2D eigenvalue weighted by molar-refractivity contribution is -0.141. The summed E-state index contributed by atoms with van der Waals surface area (Å²) in [5.41, 5.74) is 0.713. The van der Waals surface area contributed by atoms with Crippen LogP contribution in [0.3, 0.4) is 0 Å². The predicted molar refractivity (Wildman–Crippen MR) is 88.5 cm³/mol. The molecule has 1 fully saturated rings. The summed E-state index contributed by atoms with van der Waals surface area (Å²) < 4.78 is 5.64. The lowest BCUT2D eigenvalue weighted by atomic mass is 10.0. The number of rotatable bonds is 7. The average molecular weight is 319 g/mol. The van der Waals surface area contributed by atoms with Crippen LogP contribution in [-0.2, 0) is 9.59 Å². The van der Waals surface area contributed by atoms with Crippen LogP contribution < -0.4 is 10.1 Å². The first-order valence-electron chi connectivity index (χ1n) is 8.22. The number of carbonyl (C=O) groups excluding carboxylic acids is 1. The summed E-state index contributed by atoms with van der Waals surface area (Å²) >= 11 is 0. The molecule has 1 amide bonds. The topological polar surface area (TPSA) is 75.6 Å². The zero-order chi connectivity index (χ0) is 16.8. The van der Waals surface area contributed by atoms with E-state index in [4.69, 9.17) is 9.84 Å². The van der Waals surface area contributed by atoms with Gasteiger partial charge in [-0.25, -0.2) is 0 Å². The molecule has 0 unspecified atom stereocenters. The second kappa shape index (κ2) is 7.99. The van der Waals surface area contributed by atoms with Crippen LogP contribution in [0.1, 0.15) is 39.5 Å². The van der Waals surface area contributed by atoms with E-state index in [1.165, 1.54) is 0 Å². The molecule has 0 bridgehead atoms. The molecule has 2 N–H and O–H groups in total. The smallest absolute Gasteiger partial charge is 0.306 e. The van der Waals surface area contributed by atoms with Crippen molar-refractivity contribution in [2.24, 2.45) is 17.8 Å². The van der Waals surface area contributed by atoms with Gasteiger partial charge < -0.3 is 15.2 Å². The van der Waals surface area contributed by atoms with Gasteiger partial charge in [-0.1, -0.05) is 13.8 Å². The van der Waals surface area contributed by atoms with Crippen molar-refractivity contribution in [3.05, 3.63) is 24.3 Å². The number of ether oxygens (including phenoxy) is 1. The van der Waals surface area contributed by atoms with Crippen molar-refractivity contribution in [3.8, 4) is 5.75 Å². The summed E-state index contributed by atoms with van der Waals surface area (Å²) in [5, 5.41) is 11.8. The molecule has 0 heterocycles. The first-order valence-corrected chi connectivity index (χ1v) is 8.22. The molecule has 0 spiro atoms. The second-order valence-corrected chi connectivity index (χ2v) is 6.59. The second-order valence-electron chi connectivity index (χ2n) is 6.59. The fraction of sp³-hybridized carbons (Fsp3) is 0.556. The van der Waals surface area contributed by atoms with Crippen LogP contribution in [0.25, 0.3) is 0 Å². The minimum Gasteiger partial charge on any atom is -0.494 e. The van der Waals surface area contributed by atoms with Gasteiger partial charge in [0.25, 0.3) is 0 Å². The van der Waals surface area contributed by atoms with E-state index in [0.29, 0.717) is 37.5 Å². The molecule has 5 nitrogen and oxygen atoms in total. The summed E-state index contributed by atoms with van der Waals surface area (Å²) in [5.74, 6) is -0.101. The highest BCUT2D eigenvalue weighted by molar-refractivity contribution is 5.93. The Morgan fingerprint density at radius 1 is 1.22 bits per heavy atom. The van der Waals surface area contributed by atoms with Gasteiger partial charge in [-0.05, 0) is 55.9 Å². The molecular weight excluding hydrogens is 294 g/mol. The van der Waals surface area contributed by atoms with E-state index in [-0.39, 0.29) is 17.7 Å². The highest BCUT2D eigenvalue weighted by atomic mass is 16.5. The zero-order valence-electron chi connectivity index (χ0n) is 13.7. The number of hydrogen-bond acceptors (Lipinski definition) is 3. The molecule has 2 rings (SSSR count). The fourth-order valence-electron chi connectivity index (χ4n) is 2.74. The van der Waals surface area contributed by atoms with Gasteiger partial charge >= 0.3 is 5.97 Å².